The third-order valence-electron chi connectivity index (χ3n) is 5.12. The normalized spacial score (nSPS) is 25.8. The van der Waals surface area contributed by atoms with Crippen LogP contribution < -0.4 is 5.32 Å². The quantitative estimate of drug-likeness (QED) is 0.871. The topological polar surface area (TPSA) is 35.8 Å². The van der Waals surface area contributed by atoms with Crippen molar-refractivity contribution >= 4 is 0 Å². The van der Waals surface area contributed by atoms with Gasteiger partial charge in [-0.05, 0) is 54.7 Å². The van der Waals surface area contributed by atoms with Crippen LogP contribution in [0, 0.1) is 28.5 Å². The van der Waals surface area contributed by atoms with Crippen molar-refractivity contribution in [1.82, 2.24) is 5.32 Å². The number of nitrogens with zero attached hydrogens (tertiary/aromatic N) is 1. The summed E-state index contributed by atoms with van der Waals surface area (Å²) in [5.41, 5.74) is 1.19. The van der Waals surface area contributed by atoms with Crippen molar-refractivity contribution in [1.29, 1.82) is 5.26 Å². The van der Waals surface area contributed by atoms with Crippen molar-refractivity contribution in [2.24, 2.45) is 11.3 Å². The monoisotopic (exact) mass is 288 g/mol. The second-order valence-electron chi connectivity index (χ2n) is 6.64. The van der Waals surface area contributed by atoms with E-state index in [4.69, 9.17) is 5.26 Å². The molecule has 21 heavy (non-hydrogen) atoms. The number of hydrogen-bond acceptors (Lipinski definition) is 2. The Labute approximate surface area is 127 Å². The number of rotatable bonds is 5. The summed E-state index contributed by atoms with van der Waals surface area (Å²) in [5.74, 6) is 0.382. The van der Waals surface area contributed by atoms with Crippen LogP contribution in [0.25, 0.3) is 0 Å². The molecular weight excluding hydrogens is 263 g/mol. The predicted octanol–water partition coefficient (Wildman–Crippen LogP) is 4.41. The van der Waals surface area contributed by atoms with Crippen LogP contribution in [0.5, 0.6) is 0 Å². The zero-order valence-corrected chi connectivity index (χ0v) is 13.0. The number of hydrogen-bond donors (Lipinski definition) is 1. The van der Waals surface area contributed by atoms with Crippen LogP contribution in [-0.2, 0) is 6.54 Å². The van der Waals surface area contributed by atoms with Gasteiger partial charge in [0.2, 0.25) is 0 Å². The highest BCUT2D eigenvalue weighted by molar-refractivity contribution is 5.16. The molecule has 1 N–H and O–H groups in total. The Balaban J connectivity index is 1.85. The third kappa shape index (κ3) is 4.04. The van der Waals surface area contributed by atoms with E-state index in [1.54, 1.807) is 12.1 Å². The summed E-state index contributed by atoms with van der Waals surface area (Å²) in [4.78, 5) is 0. The lowest BCUT2D eigenvalue weighted by Gasteiger charge is -2.42. The minimum Gasteiger partial charge on any atom is -0.310 e. The lowest BCUT2D eigenvalue weighted by atomic mass is 9.64. The number of nitrogens with one attached hydrogen (secondary N) is 1. The van der Waals surface area contributed by atoms with Gasteiger partial charge in [-0.25, -0.2) is 4.39 Å². The highest BCUT2D eigenvalue weighted by Gasteiger charge is 2.37. The lowest BCUT2D eigenvalue weighted by Crippen LogP contribution is -2.39. The van der Waals surface area contributed by atoms with Crippen LogP contribution in [0.3, 0.4) is 0 Å². The molecule has 0 spiro atoms. The first kappa shape index (κ1) is 16.0. The molecule has 2 nitrogen and oxygen atoms in total. The van der Waals surface area contributed by atoms with Crippen LogP contribution in [0.1, 0.15) is 51.5 Å². The average molecular weight is 288 g/mol. The summed E-state index contributed by atoms with van der Waals surface area (Å²) in [6, 6.07) is 9.63. The van der Waals surface area contributed by atoms with E-state index in [1.165, 1.54) is 6.07 Å². The van der Waals surface area contributed by atoms with Crippen molar-refractivity contribution in [3.05, 3.63) is 35.6 Å². The van der Waals surface area contributed by atoms with Crippen molar-refractivity contribution in [2.45, 2.75) is 58.5 Å². The molecule has 1 aromatic rings. The third-order valence-corrected chi connectivity index (χ3v) is 5.12. The Morgan fingerprint density at radius 3 is 2.67 bits per heavy atom. The molecule has 1 fully saturated rings. The first-order valence-electron chi connectivity index (χ1n) is 7.90. The highest BCUT2D eigenvalue weighted by atomic mass is 19.1. The molecule has 1 aromatic carbocycles. The van der Waals surface area contributed by atoms with Crippen molar-refractivity contribution in [2.75, 3.05) is 0 Å². The average Bonchev–Trinajstić information content (AvgIpc) is 2.47. The Hall–Kier alpha value is -1.40. The minimum atomic E-state index is -0.175. The molecule has 0 aliphatic heterocycles. The van der Waals surface area contributed by atoms with Gasteiger partial charge in [0.25, 0.3) is 0 Å². The fraction of sp³-hybridized carbons (Fsp3) is 0.611. The molecule has 0 bridgehead atoms. The lowest BCUT2D eigenvalue weighted by molar-refractivity contribution is 0.105. The van der Waals surface area contributed by atoms with Gasteiger partial charge in [0, 0.05) is 19.0 Å². The van der Waals surface area contributed by atoms with Gasteiger partial charge in [-0.1, -0.05) is 26.0 Å². The minimum absolute atomic E-state index is 0.175. The highest BCUT2D eigenvalue weighted by Crippen LogP contribution is 2.45. The van der Waals surface area contributed by atoms with Crippen LogP contribution in [0.15, 0.2) is 24.3 Å². The SMILES string of the molecule is CC(C)[C@]1(CC#N)CC[C@@H](NCc2cccc(F)c2)CC1. The van der Waals surface area contributed by atoms with Gasteiger partial charge in [-0.2, -0.15) is 5.26 Å². The van der Waals surface area contributed by atoms with E-state index in [2.05, 4.69) is 25.2 Å². The molecular formula is C18H25FN2. The zero-order chi connectivity index (χ0) is 15.3. The first-order chi connectivity index (χ1) is 10.1. The van der Waals surface area contributed by atoms with E-state index in [0.29, 0.717) is 18.4 Å². The molecule has 1 aliphatic rings. The molecule has 1 aliphatic carbocycles. The molecule has 114 valence electrons. The van der Waals surface area contributed by atoms with E-state index in [0.717, 1.165) is 37.8 Å². The Morgan fingerprint density at radius 2 is 2.10 bits per heavy atom. The molecule has 0 saturated heterocycles. The van der Waals surface area contributed by atoms with Gasteiger partial charge in [0.15, 0.2) is 0 Å². The number of nitriles is 1. The van der Waals surface area contributed by atoms with Crippen molar-refractivity contribution in [3.8, 4) is 6.07 Å². The summed E-state index contributed by atoms with van der Waals surface area (Å²) in [7, 11) is 0. The second kappa shape index (κ2) is 7.04. The Morgan fingerprint density at radius 1 is 1.38 bits per heavy atom. The van der Waals surface area contributed by atoms with E-state index >= 15 is 0 Å². The summed E-state index contributed by atoms with van der Waals surface area (Å²) >= 11 is 0. The van der Waals surface area contributed by atoms with Crippen LogP contribution in [-0.4, -0.2) is 6.04 Å². The molecule has 0 amide bonds. The van der Waals surface area contributed by atoms with E-state index in [9.17, 15) is 4.39 Å². The molecule has 1 saturated carbocycles. The second-order valence-corrected chi connectivity index (χ2v) is 6.64. The largest absolute Gasteiger partial charge is 0.310 e. The van der Waals surface area contributed by atoms with Crippen LogP contribution in [0.2, 0.25) is 0 Å². The molecule has 0 heterocycles. The van der Waals surface area contributed by atoms with Gasteiger partial charge in [-0.15, -0.1) is 0 Å². The van der Waals surface area contributed by atoms with E-state index in [-0.39, 0.29) is 11.2 Å². The van der Waals surface area contributed by atoms with Crippen LogP contribution >= 0.6 is 0 Å². The molecule has 0 radical (unpaired) electrons. The summed E-state index contributed by atoms with van der Waals surface area (Å²) in [6.07, 6.45) is 5.10. The van der Waals surface area contributed by atoms with Gasteiger partial charge >= 0.3 is 0 Å². The van der Waals surface area contributed by atoms with Gasteiger partial charge in [-0.3, -0.25) is 0 Å². The van der Waals surface area contributed by atoms with E-state index < -0.39 is 0 Å². The van der Waals surface area contributed by atoms with Gasteiger partial charge in [0.05, 0.1) is 6.07 Å². The Bertz CT molecular complexity index is 496. The molecule has 0 unspecified atom stereocenters. The molecule has 2 rings (SSSR count). The summed E-state index contributed by atoms with van der Waals surface area (Å²) in [6.45, 7) is 5.19. The maximum absolute atomic E-state index is 13.1. The molecule has 0 atom stereocenters. The first-order valence-corrected chi connectivity index (χ1v) is 7.90. The summed E-state index contributed by atoms with van der Waals surface area (Å²) < 4.78 is 13.1. The number of halogens is 1. The van der Waals surface area contributed by atoms with Gasteiger partial charge < -0.3 is 5.32 Å². The summed E-state index contributed by atoms with van der Waals surface area (Å²) in [5, 5.41) is 12.6. The van der Waals surface area contributed by atoms with Crippen molar-refractivity contribution < 1.29 is 4.39 Å². The maximum atomic E-state index is 13.1. The standard InChI is InChI=1S/C18H25FN2/c1-14(2)18(10-11-20)8-6-17(7-9-18)21-13-15-4-3-5-16(19)12-15/h3-5,12,14,17,21H,6-10,13H2,1-2H3/t17-,18-. The van der Waals surface area contributed by atoms with E-state index in [1.807, 2.05) is 6.07 Å². The fourth-order valence-corrected chi connectivity index (χ4v) is 3.42. The smallest absolute Gasteiger partial charge is 0.123 e. The fourth-order valence-electron chi connectivity index (χ4n) is 3.42. The Kier molecular flexibility index (Phi) is 5.36. The molecule has 3 heteroatoms. The number of benzene rings is 1. The maximum Gasteiger partial charge on any atom is 0.123 e. The van der Waals surface area contributed by atoms with Gasteiger partial charge in [0.1, 0.15) is 5.82 Å². The predicted molar refractivity (Wildman–Crippen MR) is 83.0 cm³/mol. The zero-order valence-electron chi connectivity index (χ0n) is 13.0. The molecule has 0 aromatic heterocycles. The van der Waals surface area contributed by atoms with Crippen molar-refractivity contribution in [3.63, 3.8) is 0 Å². The van der Waals surface area contributed by atoms with Crippen LogP contribution in [0.4, 0.5) is 4.39 Å².